The van der Waals surface area contributed by atoms with Crippen LogP contribution < -0.4 is 5.32 Å². The van der Waals surface area contributed by atoms with Crippen LogP contribution in [0.1, 0.15) is 29.5 Å². The largest absolute Gasteiger partial charge is 0.383 e. The number of carbonyl (C=O) groups is 1. The van der Waals surface area contributed by atoms with Crippen LogP contribution in [0.25, 0.3) is 10.9 Å². The predicted molar refractivity (Wildman–Crippen MR) is 136 cm³/mol. The molecule has 0 saturated carbocycles. The average Bonchev–Trinajstić information content (AvgIpc) is 3.30. The third-order valence-electron chi connectivity index (χ3n) is 5.27. The summed E-state index contributed by atoms with van der Waals surface area (Å²) in [4.78, 5) is 31.3. The highest BCUT2D eigenvalue weighted by atomic mass is 16.5. The van der Waals surface area contributed by atoms with Gasteiger partial charge < -0.3 is 24.7 Å². The molecule has 0 atom stereocenters. The van der Waals surface area contributed by atoms with E-state index in [1.54, 1.807) is 32.4 Å². The number of benzene rings is 1. The van der Waals surface area contributed by atoms with Crippen molar-refractivity contribution in [1.29, 1.82) is 0 Å². The number of H-pyrrole nitrogens is 1. The summed E-state index contributed by atoms with van der Waals surface area (Å²) in [5, 5.41) is 4.17. The van der Waals surface area contributed by atoms with Crippen LogP contribution in [-0.2, 0) is 9.47 Å². The van der Waals surface area contributed by atoms with Crippen LogP contribution in [-0.4, -0.2) is 80.0 Å². The van der Waals surface area contributed by atoms with E-state index < -0.39 is 0 Å². The third kappa shape index (κ3) is 6.49. The van der Waals surface area contributed by atoms with Crippen molar-refractivity contribution in [1.82, 2.24) is 14.9 Å². The van der Waals surface area contributed by atoms with Crippen LogP contribution in [0.4, 0.5) is 5.69 Å². The lowest BCUT2D eigenvalue weighted by Crippen LogP contribution is -2.36. The summed E-state index contributed by atoms with van der Waals surface area (Å²) in [6, 6.07) is 13.4. The minimum absolute atomic E-state index is 0.0943. The molecule has 1 amide bonds. The van der Waals surface area contributed by atoms with Crippen LogP contribution in [0.3, 0.4) is 0 Å². The second kappa shape index (κ2) is 12.6. The van der Waals surface area contributed by atoms with Gasteiger partial charge in [-0.05, 0) is 42.8 Å². The Kier molecular flexibility index (Phi) is 9.30. The molecule has 0 radical (unpaired) electrons. The number of methoxy groups -OCH3 is 2. The molecule has 1 aromatic carbocycles. The first-order valence-corrected chi connectivity index (χ1v) is 11.2. The summed E-state index contributed by atoms with van der Waals surface area (Å²) in [6.07, 6.45) is 2.48. The number of nitrogens with zero attached hydrogens (tertiary/aromatic N) is 4. The summed E-state index contributed by atoms with van der Waals surface area (Å²) in [5.74, 6) is 0.391. The zero-order chi connectivity index (χ0) is 24.3. The molecule has 3 aromatic rings. The molecule has 0 aliphatic rings. The molecule has 34 heavy (non-hydrogen) atoms. The number of aliphatic imine (C=N–C) groups is 2. The van der Waals surface area contributed by atoms with E-state index in [-0.39, 0.29) is 5.91 Å². The molecule has 2 aromatic heterocycles. The number of hydrogen-bond donors (Lipinski definition) is 2. The fourth-order valence-electron chi connectivity index (χ4n) is 3.46. The minimum atomic E-state index is -0.0943. The first kappa shape index (κ1) is 25.1. The van der Waals surface area contributed by atoms with Gasteiger partial charge in [-0.3, -0.25) is 14.8 Å². The maximum Gasteiger partial charge on any atom is 0.270 e. The second-order valence-corrected chi connectivity index (χ2v) is 7.56. The second-order valence-electron chi connectivity index (χ2n) is 7.56. The SMILES string of the molecule is CCC(=NC(=NC)Nc1ccc2[nH]c(C(=O)N(CCOC)CCOC)cc2c1)c1ccccn1. The molecule has 2 heterocycles. The van der Waals surface area contributed by atoms with Crippen molar-refractivity contribution in [2.45, 2.75) is 13.3 Å². The first-order valence-electron chi connectivity index (χ1n) is 11.2. The van der Waals surface area contributed by atoms with Crippen molar-refractivity contribution < 1.29 is 14.3 Å². The molecule has 3 rings (SSSR count). The van der Waals surface area contributed by atoms with Crippen LogP contribution in [0.5, 0.6) is 0 Å². The maximum atomic E-state index is 13.0. The monoisotopic (exact) mass is 464 g/mol. The number of guanidine groups is 1. The number of amides is 1. The molecule has 0 fully saturated rings. The van der Waals surface area contributed by atoms with Gasteiger partial charge in [0.05, 0.1) is 24.6 Å². The Balaban J connectivity index is 1.80. The number of carbonyl (C=O) groups excluding carboxylic acids is 1. The maximum absolute atomic E-state index is 13.0. The van der Waals surface area contributed by atoms with Gasteiger partial charge in [0.2, 0.25) is 5.96 Å². The van der Waals surface area contributed by atoms with Gasteiger partial charge in [-0.2, -0.15) is 0 Å². The topological polar surface area (TPSA) is 104 Å². The molecule has 0 spiro atoms. The Hall–Kier alpha value is -3.56. The molecule has 0 aliphatic heterocycles. The molecular weight excluding hydrogens is 432 g/mol. The number of aromatic nitrogens is 2. The molecule has 9 nitrogen and oxygen atoms in total. The van der Waals surface area contributed by atoms with Crippen molar-refractivity contribution in [3.05, 3.63) is 60.0 Å². The average molecular weight is 465 g/mol. The van der Waals surface area contributed by atoms with Gasteiger partial charge in [-0.25, -0.2) is 4.99 Å². The first-order chi connectivity index (χ1) is 16.6. The number of pyridine rings is 1. The van der Waals surface area contributed by atoms with E-state index in [1.807, 2.05) is 49.4 Å². The molecule has 0 aliphatic carbocycles. The predicted octanol–water partition coefficient (Wildman–Crippen LogP) is 3.59. The van der Waals surface area contributed by atoms with Crippen molar-refractivity contribution in [2.75, 3.05) is 52.9 Å². The third-order valence-corrected chi connectivity index (χ3v) is 5.27. The van der Waals surface area contributed by atoms with Gasteiger partial charge >= 0.3 is 0 Å². The molecule has 0 saturated heterocycles. The van der Waals surface area contributed by atoms with Gasteiger partial charge in [0, 0.05) is 57.1 Å². The van der Waals surface area contributed by atoms with E-state index in [0.717, 1.165) is 34.4 Å². The fraction of sp³-hybridized carbons (Fsp3) is 0.360. The number of hydrogen-bond acceptors (Lipinski definition) is 5. The van der Waals surface area contributed by atoms with Gasteiger partial charge in [0.1, 0.15) is 5.69 Å². The lowest BCUT2D eigenvalue weighted by atomic mass is 10.2. The van der Waals surface area contributed by atoms with E-state index in [1.165, 1.54) is 0 Å². The Labute approximate surface area is 199 Å². The lowest BCUT2D eigenvalue weighted by Gasteiger charge is -2.21. The van der Waals surface area contributed by atoms with Crippen molar-refractivity contribution >= 4 is 34.2 Å². The number of rotatable bonds is 10. The highest BCUT2D eigenvalue weighted by Gasteiger charge is 2.18. The van der Waals surface area contributed by atoms with Gasteiger partial charge in [0.15, 0.2) is 0 Å². The molecule has 9 heteroatoms. The number of ether oxygens (including phenoxy) is 2. The normalized spacial score (nSPS) is 12.2. The Morgan fingerprint density at radius 1 is 1.12 bits per heavy atom. The van der Waals surface area contributed by atoms with Crippen LogP contribution in [0, 0.1) is 0 Å². The summed E-state index contributed by atoms with van der Waals surface area (Å²) >= 11 is 0. The van der Waals surface area contributed by atoms with Crippen LogP contribution in [0.2, 0.25) is 0 Å². The van der Waals surface area contributed by atoms with Crippen molar-refractivity contribution in [3.63, 3.8) is 0 Å². The van der Waals surface area contributed by atoms with Gasteiger partial charge in [-0.15, -0.1) is 0 Å². The Morgan fingerprint density at radius 2 is 1.88 bits per heavy atom. The molecule has 180 valence electrons. The number of anilines is 1. The van der Waals surface area contributed by atoms with E-state index in [4.69, 9.17) is 9.47 Å². The molecule has 0 unspecified atom stereocenters. The van der Waals surface area contributed by atoms with E-state index >= 15 is 0 Å². The Bertz CT molecular complexity index is 1130. The standard InChI is InChI=1S/C25H32N6O3/c1-5-20(22-8-6-7-11-27-22)30-25(26-2)28-19-9-10-21-18(16-19)17-23(29-21)24(32)31(12-14-33-3)13-15-34-4/h6-11,16-17,29H,5,12-15H2,1-4H3,(H,26,28). The van der Waals surface area contributed by atoms with E-state index in [0.29, 0.717) is 38.0 Å². The minimum Gasteiger partial charge on any atom is -0.383 e. The molecule has 0 bridgehead atoms. The summed E-state index contributed by atoms with van der Waals surface area (Å²) in [6.45, 7) is 3.94. The van der Waals surface area contributed by atoms with Gasteiger partial charge in [0.25, 0.3) is 5.91 Å². The Morgan fingerprint density at radius 3 is 2.50 bits per heavy atom. The van der Waals surface area contributed by atoms with E-state index in [2.05, 4.69) is 25.3 Å². The summed E-state index contributed by atoms with van der Waals surface area (Å²) in [5.41, 5.74) is 3.88. The van der Waals surface area contributed by atoms with Crippen molar-refractivity contribution in [2.24, 2.45) is 9.98 Å². The number of nitrogens with one attached hydrogen (secondary N) is 2. The summed E-state index contributed by atoms with van der Waals surface area (Å²) in [7, 11) is 4.93. The zero-order valence-corrected chi connectivity index (χ0v) is 20.2. The number of aromatic amines is 1. The molecule has 2 N–H and O–H groups in total. The van der Waals surface area contributed by atoms with Crippen LogP contribution >= 0.6 is 0 Å². The zero-order valence-electron chi connectivity index (χ0n) is 20.2. The highest BCUT2D eigenvalue weighted by Crippen LogP contribution is 2.21. The smallest absolute Gasteiger partial charge is 0.270 e. The highest BCUT2D eigenvalue weighted by molar-refractivity contribution is 6.09. The van der Waals surface area contributed by atoms with E-state index in [9.17, 15) is 4.79 Å². The number of fused-ring (bicyclic) bond motifs is 1. The molecular formula is C25H32N6O3. The van der Waals surface area contributed by atoms with Crippen LogP contribution in [0.15, 0.2) is 58.6 Å². The fourth-order valence-corrected chi connectivity index (χ4v) is 3.46. The van der Waals surface area contributed by atoms with Crippen molar-refractivity contribution in [3.8, 4) is 0 Å². The lowest BCUT2D eigenvalue weighted by molar-refractivity contribution is 0.0623. The summed E-state index contributed by atoms with van der Waals surface area (Å²) < 4.78 is 10.3. The van der Waals surface area contributed by atoms with Gasteiger partial charge in [-0.1, -0.05) is 13.0 Å². The quantitative estimate of drug-likeness (QED) is 0.352.